The Morgan fingerprint density at radius 2 is 2.29 bits per heavy atom. The topological polar surface area (TPSA) is 43.5 Å². The van der Waals surface area contributed by atoms with Gasteiger partial charge in [0.25, 0.3) is 0 Å². The van der Waals surface area contributed by atoms with Gasteiger partial charge in [0.2, 0.25) is 0 Å². The molecule has 2 atom stereocenters. The lowest BCUT2D eigenvalue weighted by Gasteiger charge is -1.86. The molecule has 0 amide bonds. The van der Waals surface area contributed by atoms with Crippen LogP contribution >= 0.6 is 11.9 Å². The lowest BCUT2D eigenvalue weighted by molar-refractivity contribution is 0.184. The van der Waals surface area contributed by atoms with Crippen molar-refractivity contribution in [2.45, 2.75) is 5.37 Å². The normalized spacial score (nSPS) is 38.6. The zero-order valence-corrected chi connectivity index (χ0v) is 4.56. The van der Waals surface area contributed by atoms with Crippen molar-refractivity contribution in [2.75, 3.05) is 13.3 Å². The number of hydrogen-bond donors (Lipinski definition) is 2. The number of nitrogens with zero attached hydrogens (tertiary/aromatic N) is 1. The first kappa shape index (κ1) is 5.37. The highest BCUT2D eigenvalue weighted by Gasteiger charge is 2.33. The molecule has 1 aliphatic heterocycles. The van der Waals surface area contributed by atoms with Gasteiger partial charge < -0.3 is 10.2 Å². The second-order valence-corrected chi connectivity index (χ2v) is 2.53. The molecule has 4 heteroatoms. The molecule has 0 radical (unpaired) electrons. The van der Waals surface area contributed by atoms with Crippen LogP contribution in [0, 0.1) is 0 Å². The fourth-order valence-electron chi connectivity index (χ4n) is 0.378. The molecule has 0 saturated carbocycles. The summed E-state index contributed by atoms with van der Waals surface area (Å²) in [6.45, 7) is 0.196. The largest absolute Gasteiger partial charge is 0.394 e. The predicted molar refractivity (Wildman–Crippen MR) is 27.4 cm³/mol. The molecular weight excluding hydrogens is 114 g/mol. The molecular formula is C3H7NO2S. The minimum Gasteiger partial charge on any atom is -0.394 e. The first-order valence-electron chi connectivity index (χ1n) is 2.03. The lowest BCUT2D eigenvalue weighted by Crippen LogP contribution is -2.05. The molecule has 1 saturated heterocycles. The van der Waals surface area contributed by atoms with Crippen LogP contribution in [0.4, 0.5) is 0 Å². The third-order valence-electron chi connectivity index (χ3n) is 0.828. The second-order valence-electron chi connectivity index (χ2n) is 1.30. The molecule has 1 fully saturated rings. The van der Waals surface area contributed by atoms with Gasteiger partial charge in [-0.15, -0.1) is 0 Å². The number of aliphatic hydroxyl groups is 2. The van der Waals surface area contributed by atoms with Crippen LogP contribution in [0.5, 0.6) is 0 Å². The first-order chi connectivity index (χ1) is 3.38. The smallest absolute Gasteiger partial charge is 0.106 e. The minimum absolute atomic E-state index is 0.0515. The van der Waals surface area contributed by atoms with Gasteiger partial charge in [-0.3, -0.25) is 0 Å². The number of hydrogen-bond acceptors (Lipinski definition) is 4. The third-order valence-corrected chi connectivity index (χ3v) is 1.90. The van der Waals surface area contributed by atoms with E-state index in [-0.39, 0.29) is 18.7 Å². The Hall–Kier alpha value is 0.230. The molecule has 0 spiro atoms. The fraction of sp³-hybridized carbons (Fsp3) is 1.00. The SMILES string of the molecule is OCC1SN1CO. The van der Waals surface area contributed by atoms with Crippen LogP contribution in [0.15, 0.2) is 0 Å². The Morgan fingerprint density at radius 1 is 1.57 bits per heavy atom. The van der Waals surface area contributed by atoms with Crippen molar-refractivity contribution in [3.8, 4) is 0 Å². The summed E-state index contributed by atoms with van der Waals surface area (Å²) in [6.07, 6.45) is 0. The molecule has 1 heterocycles. The maximum absolute atomic E-state index is 8.33. The molecule has 7 heavy (non-hydrogen) atoms. The van der Waals surface area contributed by atoms with Crippen LogP contribution in [0.1, 0.15) is 0 Å². The molecule has 2 unspecified atom stereocenters. The van der Waals surface area contributed by atoms with Gasteiger partial charge in [0.05, 0.1) is 6.61 Å². The maximum atomic E-state index is 8.33. The summed E-state index contributed by atoms with van der Waals surface area (Å²) in [5, 5.41) is 16.8. The van der Waals surface area contributed by atoms with E-state index in [0.29, 0.717) is 0 Å². The summed E-state index contributed by atoms with van der Waals surface area (Å²) in [4.78, 5) is 0. The van der Waals surface area contributed by atoms with E-state index in [1.807, 2.05) is 0 Å². The second kappa shape index (κ2) is 2.00. The molecule has 1 rings (SSSR count). The van der Waals surface area contributed by atoms with Crippen LogP contribution < -0.4 is 0 Å². The van der Waals surface area contributed by atoms with Crippen molar-refractivity contribution >= 4 is 11.9 Å². The van der Waals surface area contributed by atoms with Gasteiger partial charge in [-0.1, -0.05) is 11.9 Å². The summed E-state index contributed by atoms with van der Waals surface area (Å²) in [6, 6.07) is 0. The van der Waals surface area contributed by atoms with Gasteiger partial charge >= 0.3 is 0 Å². The molecule has 0 bridgehead atoms. The van der Waals surface area contributed by atoms with E-state index < -0.39 is 0 Å². The van der Waals surface area contributed by atoms with E-state index in [4.69, 9.17) is 10.2 Å². The highest BCUT2D eigenvalue weighted by atomic mass is 32.2. The Kier molecular flexibility index (Phi) is 1.53. The Morgan fingerprint density at radius 3 is 2.43 bits per heavy atom. The maximum Gasteiger partial charge on any atom is 0.106 e. The average Bonchev–Trinajstić information content (AvgIpc) is 2.43. The Balaban J connectivity index is 2.06. The minimum atomic E-state index is 0.0515. The summed E-state index contributed by atoms with van der Waals surface area (Å²) in [5.41, 5.74) is 0. The van der Waals surface area contributed by atoms with Crippen LogP contribution in [-0.4, -0.2) is 33.2 Å². The fourth-order valence-corrected chi connectivity index (χ4v) is 0.903. The molecule has 0 aliphatic carbocycles. The quantitative estimate of drug-likeness (QED) is 0.371. The van der Waals surface area contributed by atoms with Gasteiger partial charge in [0.1, 0.15) is 12.1 Å². The van der Waals surface area contributed by atoms with Crippen molar-refractivity contribution in [3.63, 3.8) is 0 Å². The highest BCUT2D eigenvalue weighted by molar-refractivity contribution is 8.03. The predicted octanol–water partition coefficient (Wildman–Crippen LogP) is -0.782. The molecule has 0 aromatic carbocycles. The molecule has 3 nitrogen and oxygen atoms in total. The van der Waals surface area contributed by atoms with Crippen LogP contribution in [0.2, 0.25) is 0 Å². The standard InChI is InChI=1S/C3H7NO2S/c5-1-3-4(2-6)7-3/h3,5-6H,1-2H2. The molecule has 2 N–H and O–H groups in total. The monoisotopic (exact) mass is 121 g/mol. The van der Waals surface area contributed by atoms with E-state index in [2.05, 4.69) is 0 Å². The lowest BCUT2D eigenvalue weighted by atomic mass is 10.7. The number of rotatable bonds is 2. The Bertz CT molecular complexity index is 62.0. The molecule has 1 aliphatic rings. The van der Waals surface area contributed by atoms with Crippen LogP contribution in [-0.2, 0) is 0 Å². The van der Waals surface area contributed by atoms with Crippen molar-refractivity contribution in [1.82, 2.24) is 4.31 Å². The van der Waals surface area contributed by atoms with Crippen molar-refractivity contribution in [3.05, 3.63) is 0 Å². The zero-order chi connectivity index (χ0) is 5.28. The van der Waals surface area contributed by atoms with Gasteiger partial charge in [0, 0.05) is 0 Å². The van der Waals surface area contributed by atoms with E-state index >= 15 is 0 Å². The van der Waals surface area contributed by atoms with E-state index in [9.17, 15) is 0 Å². The van der Waals surface area contributed by atoms with Crippen molar-refractivity contribution in [1.29, 1.82) is 0 Å². The summed E-state index contributed by atoms with van der Waals surface area (Å²) in [5.74, 6) is 0. The summed E-state index contributed by atoms with van der Waals surface area (Å²) < 4.78 is 1.69. The highest BCUT2D eigenvalue weighted by Crippen LogP contribution is 2.36. The third kappa shape index (κ3) is 1.07. The van der Waals surface area contributed by atoms with Gasteiger partial charge in [0.15, 0.2) is 0 Å². The number of aliphatic hydroxyl groups excluding tert-OH is 2. The van der Waals surface area contributed by atoms with Crippen molar-refractivity contribution < 1.29 is 10.2 Å². The van der Waals surface area contributed by atoms with Crippen molar-refractivity contribution in [2.24, 2.45) is 0 Å². The van der Waals surface area contributed by atoms with Gasteiger partial charge in [-0.2, -0.15) is 0 Å². The van der Waals surface area contributed by atoms with E-state index in [1.165, 1.54) is 11.9 Å². The summed E-state index contributed by atoms with van der Waals surface area (Å²) in [7, 11) is 0. The van der Waals surface area contributed by atoms with E-state index in [1.54, 1.807) is 4.31 Å². The average molecular weight is 121 g/mol. The van der Waals surface area contributed by atoms with E-state index in [0.717, 1.165) is 0 Å². The molecule has 0 aromatic rings. The van der Waals surface area contributed by atoms with Crippen LogP contribution in [0.3, 0.4) is 0 Å². The van der Waals surface area contributed by atoms with Gasteiger partial charge in [-0.25, -0.2) is 4.31 Å². The first-order valence-corrected chi connectivity index (χ1v) is 2.87. The molecule has 42 valence electrons. The molecule has 0 aromatic heterocycles. The van der Waals surface area contributed by atoms with Gasteiger partial charge in [-0.05, 0) is 0 Å². The zero-order valence-electron chi connectivity index (χ0n) is 3.74. The van der Waals surface area contributed by atoms with Crippen LogP contribution in [0.25, 0.3) is 0 Å². The Labute approximate surface area is 46.1 Å². The summed E-state index contributed by atoms with van der Waals surface area (Å²) >= 11 is 1.47.